The van der Waals surface area contributed by atoms with E-state index >= 15 is 0 Å². The number of unbranched alkanes of at least 4 members (excludes halogenated alkanes) is 5. The van der Waals surface area contributed by atoms with Gasteiger partial charge in [0.15, 0.2) is 5.78 Å². The van der Waals surface area contributed by atoms with Crippen molar-refractivity contribution in [3.63, 3.8) is 0 Å². The van der Waals surface area contributed by atoms with Crippen LogP contribution in [0.2, 0.25) is 0 Å². The van der Waals surface area contributed by atoms with Crippen LogP contribution in [-0.4, -0.2) is 35.0 Å². The molecular formula is C27H43N3O2. The molecule has 1 aromatic heterocycles. The molecule has 1 aromatic carbocycles. The minimum Gasteiger partial charge on any atom is -0.511 e. The highest BCUT2D eigenvalue weighted by Crippen LogP contribution is 2.35. The van der Waals surface area contributed by atoms with Gasteiger partial charge >= 0.3 is 0 Å². The minimum absolute atomic E-state index is 0.0127. The number of aliphatic hydroxyl groups excluding tert-OH is 1. The maximum atomic E-state index is 12.4. The summed E-state index contributed by atoms with van der Waals surface area (Å²) in [5, 5.41) is 10.9. The fourth-order valence-electron chi connectivity index (χ4n) is 4.81. The Morgan fingerprint density at radius 2 is 1.81 bits per heavy atom. The van der Waals surface area contributed by atoms with Crippen molar-refractivity contribution in [1.82, 2.24) is 4.98 Å². The van der Waals surface area contributed by atoms with Crippen molar-refractivity contribution >= 4 is 22.4 Å². The van der Waals surface area contributed by atoms with E-state index in [-0.39, 0.29) is 23.5 Å². The number of carbonyl (C=O) groups is 1. The van der Waals surface area contributed by atoms with Gasteiger partial charge in [0.05, 0.1) is 17.6 Å². The second-order valence-corrected chi connectivity index (χ2v) is 9.54. The van der Waals surface area contributed by atoms with Gasteiger partial charge in [0, 0.05) is 24.3 Å². The van der Waals surface area contributed by atoms with Crippen LogP contribution >= 0.6 is 0 Å². The lowest BCUT2D eigenvalue weighted by molar-refractivity contribution is -0.119. The molecule has 0 unspecified atom stereocenters. The van der Waals surface area contributed by atoms with Crippen molar-refractivity contribution in [3.05, 3.63) is 41.8 Å². The Morgan fingerprint density at radius 3 is 2.41 bits per heavy atom. The number of rotatable bonds is 14. The molecule has 2 aromatic rings. The third-order valence-corrected chi connectivity index (χ3v) is 6.49. The smallest absolute Gasteiger partial charge is 0.152 e. The average molecular weight is 442 g/mol. The molecule has 178 valence electrons. The summed E-state index contributed by atoms with van der Waals surface area (Å²) < 4.78 is 0. The van der Waals surface area contributed by atoms with Crippen LogP contribution in [0, 0.1) is 5.92 Å². The lowest BCUT2D eigenvalue weighted by Crippen LogP contribution is -2.41. The Labute approximate surface area is 194 Å². The normalized spacial score (nSPS) is 13.5. The van der Waals surface area contributed by atoms with E-state index < -0.39 is 6.04 Å². The zero-order valence-corrected chi connectivity index (χ0v) is 20.7. The predicted octanol–water partition coefficient (Wildman–Crippen LogP) is 6.06. The lowest BCUT2D eigenvalue weighted by Gasteiger charge is -2.32. The van der Waals surface area contributed by atoms with Gasteiger partial charge in [-0.1, -0.05) is 65.5 Å². The van der Waals surface area contributed by atoms with Gasteiger partial charge in [0.25, 0.3) is 0 Å². The molecule has 0 saturated heterocycles. The number of fused-ring (bicyclic) bond motifs is 1. The van der Waals surface area contributed by atoms with Gasteiger partial charge in [-0.2, -0.15) is 0 Å². The van der Waals surface area contributed by atoms with Crippen molar-refractivity contribution in [3.8, 4) is 0 Å². The molecular weight excluding hydrogens is 398 g/mol. The molecule has 5 nitrogen and oxygen atoms in total. The molecule has 0 aliphatic heterocycles. The van der Waals surface area contributed by atoms with Crippen molar-refractivity contribution in [1.29, 1.82) is 0 Å². The van der Waals surface area contributed by atoms with E-state index in [2.05, 4.69) is 49.4 Å². The maximum absolute atomic E-state index is 12.4. The Morgan fingerprint density at radius 1 is 1.16 bits per heavy atom. The topological polar surface area (TPSA) is 82.3 Å². The van der Waals surface area contributed by atoms with E-state index in [0.717, 1.165) is 35.0 Å². The van der Waals surface area contributed by atoms with Gasteiger partial charge in [0.1, 0.15) is 5.76 Å². The zero-order valence-electron chi connectivity index (χ0n) is 20.7. The third-order valence-electron chi connectivity index (χ3n) is 6.49. The van der Waals surface area contributed by atoms with E-state index in [1.54, 1.807) is 6.92 Å². The number of H-pyrrole nitrogens is 1. The van der Waals surface area contributed by atoms with E-state index in [1.807, 2.05) is 13.2 Å². The van der Waals surface area contributed by atoms with Gasteiger partial charge in [0.2, 0.25) is 0 Å². The number of likely N-dealkylation sites (N-methyl/N-ethyl adjacent to an activating group) is 1. The van der Waals surface area contributed by atoms with Crippen molar-refractivity contribution in [2.45, 2.75) is 91.1 Å². The molecule has 32 heavy (non-hydrogen) atoms. The van der Waals surface area contributed by atoms with Gasteiger partial charge in [-0.25, -0.2) is 0 Å². The van der Waals surface area contributed by atoms with Crippen LogP contribution in [0.3, 0.4) is 0 Å². The van der Waals surface area contributed by atoms with Crippen LogP contribution < -0.4 is 10.6 Å². The number of hydrogen-bond acceptors (Lipinski definition) is 4. The number of nitrogens with zero attached hydrogens (tertiary/aromatic N) is 1. The number of benzene rings is 1. The van der Waals surface area contributed by atoms with Crippen LogP contribution in [0.1, 0.15) is 77.3 Å². The Kier molecular flexibility index (Phi) is 9.83. The molecule has 0 bridgehead atoms. The van der Waals surface area contributed by atoms with Crippen molar-refractivity contribution < 1.29 is 9.90 Å². The van der Waals surface area contributed by atoms with E-state index in [9.17, 15) is 9.90 Å². The molecule has 0 aliphatic rings. The molecule has 5 heteroatoms. The second kappa shape index (κ2) is 12.1. The first-order valence-corrected chi connectivity index (χ1v) is 12.2. The standard InChI is InChI=1S/C27H43N3O2/c1-7-8-9-10-11-12-13-21-14-15-24(30(6)27(18(2)3)20(5)32)25-22(17-29-26(21)25)16-23(28)19(4)31/h14-15,17-18,23,27,29,31H,4,7-13,16,28H2,1-3,5-6H3/t23-,27-/m0/s1. The van der Waals surface area contributed by atoms with E-state index in [0.29, 0.717) is 6.42 Å². The molecule has 0 aliphatic carbocycles. The molecule has 0 spiro atoms. The van der Waals surface area contributed by atoms with Gasteiger partial charge in [-0.3, -0.25) is 4.79 Å². The summed E-state index contributed by atoms with van der Waals surface area (Å²) in [5.74, 6) is 0.336. The zero-order chi connectivity index (χ0) is 23.8. The van der Waals surface area contributed by atoms with Gasteiger partial charge < -0.3 is 20.7 Å². The number of aromatic amines is 1. The summed E-state index contributed by atoms with van der Waals surface area (Å²) in [7, 11) is 2.00. The fourth-order valence-corrected chi connectivity index (χ4v) is 4.81. The van der Waals surface area contributed by atoms with Crippen LogP contribution in [0.4, 0.5) is 5.69 Å². The quantitative estimate of drug-likeness (QED) is 0.246. The number of anilines is 1. The number of aromatic nitrogens is 1. The number of aryl methyl sites for hydroxylation is 1. The first-order valence-electron chi connectivity index (χ1n) is 12.2. The third kappa shape index (κ3) is 6.38. The summed E-state index contributed by atoms with van der Waals surface area (Å²) in [6, 6.07) is 3.61. The first kappa shape index (κ1) is 26.0. The second-order valence-electron chi connectivity index (χ2n) is 9.54. The highest BCUT2D eigenvalue weighted by atomic mass is 16.3. The molecule has 0 amide bonds. The summed E-state index contributed by atoms with van der Waals surface area (Å²) >= 11 is 0. The Bertz CT molecular complexity index is 900. The number of nitrogens with one attached hydrogen (secondary N) is 1. The molecule has 0 radical (unpaired) electrons. The maximum Gasteiger partial charge on any atom is 0.152 e. The fraction of sp³-hybridized carbons (Fsp3) is 0.593. The highest BCUT2D eigenvalue weighted by Gasteiger charge is 2.26. The minimum atomic E-state index is -0.525. The monoisotopic (exact) mass is 441 g/mol. The summed E-state index contributed by atoms with van der Waals surface area (Å²) in [6.45, 7) is 11.7. The van der Waals surface area contributed by atoms with E-state index in [1.165, 1.54) is 37.7 Å². The Balaban J connectivity index is 2.41. The van der Waals surface area contributed by atoms with E-state index in [4.69, 9.17) is 5.73 Å². The molecule has 2 atom stereocenters. The number of hydrogen-bond donors (Lipinski definition) is 3. The molecule has 0 saturated carbocycles. The molecule has 4 N–H and O–H groups in total. The number of ketones is 1. The predicted molar refractivity (Wildman–Crippen MR) is 137 cm³/mol. The lowest BCUT2D eigenvalue weighted by atomic mass is 9.95. The number of aliphatic hydroxyl groups is 1. The summed E-state index contributed by atoms with van der Waals surface area (Å²) in [4.78, 5) is 18.0. The first-order chi connectivity index (χ1) is 15.2. The summed E-state index contributed by atoms with van der Waals surface area (Å²) in [6.07, 6.45) is 11.1. The number of carbonyl (C=O) groups excluding carboxylic acids is 1. The summed E-state index contributed by atoms with van der Waals surface area (Å²) in [5.41, 5.74) is 10.6. The van der Waals surface area contributed by atoms with Crippen LogP contribution in [0.5, 0.6) is 0 Å². The van der Waals surface area contributed by atoms with Crippen LogP contribution in [0.15, 0.2) is 30.7 Å². The van der Waals surface area contributed by atoms with Crippen molar-refractivity contribution in [2.75, 3.05) is 11.9 Å². The Hall–Kier alpha value is -2.27. The van der Waals surface area contributed by atoms with Crippen molar-refractivity contribution in [2.24, 2.45) is 11.7 Å². The molecule has 0 fully saturated rings. The average Bonchev–Trinajstić information content (AvgIpc) is 3.13. The van der Waals surface area contributed by atoms with Gasteiger partial charge in [-0.15, -0.1) is 0 Å². The highest BCUT2D eigenvalue weighted by molar-refractivity contribution is 5.99. The SMILES string of the molecule is C=C(O)[C@@H](N)Cc1c[nH]c2c(CCCCCCCC)ccc(N(C)[C@H](C(C)=O)C(C)C)c12. The van der Waals surface area contributed by atoms with Gasteiger partial charge in [-0.05, 0) is 49.3 Å². The van der Waals surface area contributed by atoms with Crippen LogP contribution in [-0.2, 0) is 17.6 Å². The molecule has 2 rings (SSSR count). The van der Waals surface area contributed by atoms with Crippen LogP contribution in [0.25, 0.3) is 10.9 Å². The number of Topliss-reactive ketones (excluding diaryl/α,β-unsaturated/α-hetero) is 1. The largest absolute Gasteiger partial charge is 0.511 e. The molecule has 1 heterocycles. The number of nitrogens with two attached hydrogens (primary N) is 1.